The van der Waals surface area contributed by atoms with Gasteiger partial charge in [0.25, 0.3) is 0 Å². The van der Waals surface area contributed by atoms with E-state index in [1.54, 1.807) is 0 Å². The first-order chi connectivity index (χ1) is 5.02. The van der Waals surface area contributed by atoms with E-state index in [4.69, 9.17) is 4.52 Å². The van der Waals surface area contributed by atoms with E-state index in [9.17, 15) is 4.57 Å². The highest BCUT2D eigenvalue weighted by Crippen LogP contribution is 2.25. The van der Waals surface area contributed by atoms with Crippen LogP contribution in [0.15, 0.2) is 0 Å². The summed E-state index contributed by atoms with van der Waals surface area (Å²) >= 11 is 0. The molecule has 12 heavy (non-hydrogen) atoms. The molecule has 0 rings (SSSR count). The summed E-state index contributed by atoms with van der Waals surface area (Å²) in [6.07, 6.45) is 0.683. The quantitative estimate of drug-likeness (QED) is 0.508. The minimum Gasteiger partial charge on any atom is -0.146 e. The summed E-state index contributed by atoms with van der Waals surface area (Å²) in [6, 6.07) is 0. The van der Waals surface area contributed by atoms with Gasteiger partial charge in [-0.15, -0.1) is 4.52 Å². The maximum absolute atomic E-state index is 11.1. The van der Waals surface area contributed by atoms with E-state index in [-0.39, 0.29) is 17.4 Å². The number of hydrogen-bond acceptors (Lipinski definition) is 2. The monoisotopic (exact) mass is 207 g/mol. The van der Waals surface area contributed by atoms with Crippen LogP contribution in [-0.2, 0) is 9.09 Å². The highest BCUT2D eigenvalue weighted by molar-refractivity contribution is 7.39. The van der Waals surface area contributed by atoms with Crippen LogP contribution in [0.4, 0.5) is 0 Å². The van der Waals surface area contributed by atoms with E-state index in [1.807, 2.05) is 13.8 Å². The van der Waals surface area contributed by atoms with Gasteiger partial charge in [0.05, 0.1) is 0 Å². The lowest BCUT2D eigenvalue weighted by Crippen LogP contribution is -1.99. The fraction of sp³-hybridized carbons (Fsp3) is 1.00. The van der Waals surface area contributed by atoms with Crippen LogP contribution in [0.2, 0.25) is 0 Å². The molecule has 4 heteroatoms. The number of hydrogen-bond donors (Lipinski definition) is 0. The summed E-state index contributed by atoms with van der Waals surface area (Å²) in [4.78, 5) is 0. The second kappa shape index (κ2) is 8.20. The number of rotatable bonds is 5. The molecule has 0 aromatic heterocycles. The second-order valence-corrected chi connectivity index (χ2v) is 4.89. The Hall–Kier alpha value is 0.592. The average Bonchev–Trinajstić information content (AvgIpc) is 1.82. The standard InChI is InChI=1S/C8H18O2P.Al.3H/c1-7(2)5-10-11(9)6-8(3)4;;;;/h7-8H,5-6H2,1-4H3;;;;/q+1;;;;. The van der Waals surface area contributed by atoms with Gasteiger partial charge in [-0.2, -0.15) is 0 Å². The zero-order valence-electron chi connectivity index (χ0n) is 7.83. The largest absolute Gasteiger partial charge is 0.508 e. The van der Waals surface area contributed by atoms with E-state index in [2.05, 4.69) is 13.8 Å². The topological polar surface area (TPSA) is 26.3 Å². The van der Waals surface area contributed by atoms with Gasteiger partial charge in [-0.1, -0.05) is 27.7 Å². The van der Waals surface area contributed by atoms with Crippen molar-refractivity contribution in [2.45, 2.75) is 27.7 Å². The van der Waals surface area contributed by atoms with Gasteiger partial charge in [0.15, 0.2) is 23.5 Å². The lowest BCUT2D eigenvalue weighted by Gasteiger charge is -1.97. The molecule has 0 saturated heterocycles. The zero-order chi connectivity index (χ0) is 8.85. The van der Waals surface area contributed by atoms with Crippen LogP contribution in [0.5, 0.6) is 0 Å². The normalized spacial score (nSPS) is 11.7. The first-order valence-corrected chi connectivity index (χ1v) is 5.46. The van der Waals surface area contributed by atoms with E-state index in [0.717, 1.165) is 0 Å². The predicted octanol–water partition coefficient (Wildman–Crippen LogP) is 1.87. The third kappa shape index (κ3) is 10.6. The van der Waals surface area contributed by atoms with Crippen molar-refractivity contribution in [2.24, 2.45) is 11.8 Å². The van der Waals surface area contributed by atoms with Crippen molar-refractivity contribution >= 4 is 25.4 Å². The molecule has 0 fully saturated rings. The SMILES string of the molecule is CC(C)CO[P+](=O)CC(C)C.[AlH3]. The highest BCUT2D eigenvalue weighted by atomic mass is 31.1. The fourth-order valence-corrected chi connectivity index (χ4v) is 1.75. The molecular weight excluding hydrogens is 186 g/mol. The molecule has 0 N–H and O–H groups in total. The maximum Gasteiger partial charge on any atom is 0.508 e. The molecule has 0 aliphatic rings. The summed E-state index contributed by atoms with van der Waals surface area (Å²) in [5.74, 6) is 0.937. The summed E-state index contributed by atoms with van der Waals surface area (Å²) in [7, 11) is -1.40. The Kier molecular flexibility index (Phi) is 10.3. The van der Waals surface area contributed by atoms with Gasteiger partial charge in [-0.05, 0) is 10.5 Å². The van der Waals surface area contributed by atoms with Crippen molar-refractivity contribution in [3.63, 3.8) is 0 Å². The van der Waals surface area contributed by atoms with Gasteiger partial charge in [0.2, 0.25) is 0 Å². The molecular formula is C8H21AlO2P+. The molecule has 0 aromatic carbocycles. The van der Waals surface area contributed by atoms with Gasteiger partial charge >= 0.3 is 8.03 Å². The lowest BCUT2D eigenvalue weighted by molar-refractivity contribution is 0.281. The molecule has 1 unspecified atom stereocenters. The molecule has 2 nitrogen and oxygen atoms in total. The minimum atomic E-state index is -1.40. The molecule has 0 radical (unpaired) electrons. The van der Waals surface area contributed by atoms with Crippen molar-refractivity contribution in [3.8, 4) is 0 Å². The summed E-state index contributed by atoms with van der Waals surface area (Å²) in [6.45, 7) is 8.82. The Labute approximate surface area is 87.1 Å². The maximum atomic E-state index is 11.1. The van der Waals surface area contributed by atoms with E-state index < -0.39 is 8.03 Å². The van der Waals surface area contributed by atoms with Crippen molar-refractivity contribution < 1.29 is 9.09 Å². The zero-order valence-corrected chi connectivity index (χ0v) is 8.73. The van der Waals surface area contributed by atoms with Crippen LogP contribution >= 0.6 is 8.03 Å². The molecule has 0 saturated carbocycles. The average molecular weight is 207 g/mol. The van der Waals surface area contributed by atoms with Crippen molar-refractivity contribution in [3.05, 3.63) is 0 Å². The summed E-state index contributed by atoms with van der Waals surface area (Å²) < 4.78 is 16.2. The molecule has 72 valence electrons. The molecule has 0 aliphatic carbocycles. The Morgan fingerprint density at radius 1 is 1.17 bits per heavy atom. The second-order valence-electron chi connectivity index (χ2n) is 3.60. The van der Waals surface area contributed by atoms with Gasteiger partial charge < -0.3 is 0 Å². The van der Waals surface area contributed by atoms with Crippen LogP contribution < -0.4 is 0 Å². The van der Waals surface area contributed by atoms with E-state index >= 15 is 0 Å². The van der Waals surface area contributed by atoms with E-state index in [0.29, 0.717) is 24.6 Å². The van der Waals surface area contributed by atoms with Gasteiger partial charge in [0, 0.05) is 5.92 Å². The van der Waals surface area contributed by atoms with Crippen molar-refractivity contribution in [1.29, 1.82) is 0 Å². The molecule has 0 aliphatic heterocycles. The molecule has 1 atom stereocenters. The van der Waals surface area contributed by atoms with Crippen molar-refractivity contribution in [2.75, 3.05) is 12.8 Å². The molecule has 0 aromatic rings. The van der Waals surface area contributed by atoms with Gasteiger partial charge in [-0.3, -0.25) is 0 Å². The third-order valence-corrected chi connectivity index (χ3v) is 2.53. The van der Waals surface area contributed by atoms with Crippen LogP contribution in [0.1, 0.15) is 27.7 Å². The smallest absolute Gasteiger partial charge is 0.146 e. The molecule has 0 amide bonds. The first-order valence-electron chi connectivity index (χ1n) is 4.10. The molecule has 0 bridgehead atoms. The van der Waals surface area contributed by atoms with Crippen molar-refractivity contribution in [1.82, 2.24) is 0 Å². The van der Waals surface area contributed by atoms with Crippen LogP contribution in [0, 0.1) is 11.8 Å². The summed E-state index contributed by atoms with van der Waals surface area (Å²) in [5.41, 5.74) is 0. The van der Waals surface area contributed by atoms with Crippen LogP contribution in [0.25, 0.3) is 0 Å². The Morgan fingerprint density at radius 3 is 2.00 bits per heavy atom. The Morgan fingerprint density at radius 2 is 1.67 bits per heavy atom. The fourth-order valence-electron chi connectivity index (χ4n) is 0.583. The Balaban J connectivity index is 0. The molecule has 0 spiro atoms. The summed E-state index contributed by atoms with van der Waals surface area (Å²) in [5, 5.41) is 0. The van der Waals surface area contributed by atoms with Gasteiger partial charge in [0.1, 0.15) is 6.61 Å². The van der Waals surface area contributed by atoms with Gasteiger partial charge in [-0.25, -0.2) is 0 Å². The van der Waals surface area contributed by atoms with Crippen LogP contribution in [-0.4, -0.2) is 30.1 Å². The Bertz CT molecular complexity index is 126. The van der Waals surface area contributed by atoms with Crippen LogP contribution in [0.3, 0.4) is 0 Å². The third-order valence-electron chi connectivity index (χ3n) is 1.07. The molecule has 0 heterocycles. The first kappa shape index (κ1) is 15.1. The highest BCUT2D eigenvalue weighted by Gasteiger charge is 2.19. The predicted molar refractivity (Wildman–Crippen MR) is 58.0 cm³/mol. The van der Waals surface area contributed by atoms with E-state index in [1.165, 1.54) is 0 Å². The lowest BCUT2D eigenvalue weighted by atomic mass is 10.2. The minimum absolute atomic E-state index is 0.